The Morgan fingerprint density at radius 2 is 2.09 bits per heavy atom. The maximum absolute atomic E-state index is 14.0. The molecular weight excluding hydrogens is 440 g/mol. The second kappa shape index (κ2) is 11.1. The highest BCUT2D eigenvalue weighted by atomic mass is 32.2. The maximum Gasteiger partial charge on any atom is 0.310 e. The highest BCUT2D eigenvalue weighted by molar-refractivity contribution is 8.02. The van der Waals surface area contributed by atoms with Crippen LogP contribution in [-0.2, 0) is 19.1 Å². The Morgan fingerprint density at radius 1 is 1.33 bits per heavy atom. The van der Waals surface area contributed by atoms with Crippen molar-refractivity contribution < 1.29 is 24.2 Å². The van der Waals surface area contributed by atoms with Crippen LogP contribution in [0.25, 0.3) is 0 Å². The molecule has 3 saturated heterocycles. The molecule has 0 aromatic heterocycles. The number of carbonyl (C=O) groups excluding carboxylic acids is 3. The van der Waals surface area contributed by atoms with Crippen molar-refractivity contribution in [1.29, 1.82) is 0 Å². The van der Waals surface area contributed by atoms with Gasteiger partial charge < -0.3 is 19.6 Å². The van der Waals surface area contributed by atoms with Crippen LogP contribution in [0, 0.1) is 17.8 Å². The third kappa shape index (κ3) is 4.48. The highest BCUT2D eigenvalue weighted by Gasteiger charge is 2.76. The van der Waals surface area contributed by atoms with Gasteiger partial charge in [-0.25, -0.2) is 0 Å². The van der Waals surface area contributed by atoms with Gasteiger partial charge in [0.15, 0.2) is 0 Å². The number of nitrogens with zero attached hydrogens (tertiary/aromatic N) is 2. The number of esters is 1. The summed E-state index contributed by atoms with van der Waals surface area (Å²) in [5.74, 6) is -1.56. The van der Waals surface area contributed by atoms with E-state index in [-0.39, 0.29) is 42.2 Å². The molecule has 0 aromatic carbocycles. The lowest BCUT2D eigenvalue weighted by Crippen LogP contribution is -2.57. The summed E-state index contributed by atoms with van der Waals surface area (Å²) in [6, 6.07) is -0.644. The Morgan fingerprint density at radius 3 is 2.73 bits per heavy atom. The Balaban J connectivity index is 1.98. The molecule has 3 aliphatic rings. The summed E-state index contributed by atoms with van der Waals surface area (Å²) in [4.78, 5) is 44.3. The fourth-order valence-corrected chi connectivity index (χ4v) is 8.26. The molecule has 1 spiro atoms. The fourth-order valence-electron chi connectivity index (χ4n) is 5.86. The second-order valence-electron chi connectivity index (χ2n) is 9.33. The zero-order valence-electron chi connectivity index (χ0n) is 19.9. The first kappa shape index (κ1) is 25.8. The molecule has 6 atom stereocenters. The van der Waals surface area contributed by atoms with Gasteiger partial charge in [0, 0.05) is 31.5 Å². The van der Waals surface area contributed by atoms with Crippen LogP contribution >= 0.6 is 11.8 Å². The molecule has 0 aliphatic carbocycles. The van der Waals surface area contributed by atoms with Gasteiger partial charge in [-0.3, -0.25) is 14.4 Å². The maximum atomic E-state index is 14.0. The van der Waals surface area contributed by atoms with Crippen molar-refractivity contribution in [3.8, 4) is 0 Å². The Hall–Kier alpha value is -1.80. The van der Waals surface area contributed by atoms with E-state index in [1.165, 1.54) is 0 Å². The molecule has 3 fully saturated rings. The Kier molecular flexibility index (Phi) is 8.67. The summed E-state index contributed by atoms with van der Waals surface area (Å²) in [6.45, 7) is 13.2. The van der Waals surface area contributed by atoms with Crippen LogP contribution in [0.3, 0.4) is 0 Å². The molecule has 0 aromatic rings. The number of aliphatic hydroxyl groups is 1. The summed E-state index contributed by atoms with van der Waals surface area (Å²) >= 11 is 1.65. The molecule has 3 rings (SSSR count). The molecular formula is C25H38N2O5S. The van der Waals surface area contributed by atoms with Crippen LogP contribution in [0.5, 0.6) is 0 Å². The van der Waals surface area contributed by atoms with Crippen molar-refractivity contribution in [1.82, 2.24) is 9.80 Å². The second-order valence-corrected chi connectivity index (χ2v) is 10.9. The van der Waals surface area contributed by atoms with Gasteiger partial charge in [0.2, 0.25) is 11.8 Å². The smallest absolute Gasteiger partial charge is 0.310 e. The summed E-state index contributed by atoms with van der Waals surface area (Å²) < 4.78 is 4.87. The van der Waals surface area contributed by atoms with Crippen molar-refractivity contribution in [3.05, 3.63) is 25.3 Å². The quantitative estimate of drug-likeness (QED) is 0.249. The molecule has 0 saturated carbocycles. The zero-order chi connectivity index (χ0) is 24.2. The Labute approximate surface area is 201 Å². The normalized spacial score (nSPS) is 32.0. The first-order valence-electron chi connectivity index (χ1n) is 12.1. The summed E-state index contributed by atoms with van der Waals surface area (Å²) in [6.07, 6.45) is 6.99. The monoisotopic (exact) mass is 478 g/mol. The standard InChI is InChI=1S/C25H38N2O5S/c1-5-8-12-26(11-7-3)23(30)21-25-17(4)16-18(33-25)19(24(31)32-15-9-6-2)20(25)22(29)27(21)13-10-14-28/h6-7,17-21,28H,2-3,5,8-16H2,1,4H3/t17?,18-,19+,20-,21?,25?/m0/s1. The summed E-state index contributed by atoms with van der Waals surface area (Å²) in [5, 5.41) is 9.43. The van der Waals surface area contributed by atoms with Crippen molar-refractivity contribution in [2.75, 3.05) is 32.8 Å². The summed E-state index contributed by atoms with van der Waals surface area (Å²) in [7, 11) is 0. The van der Waals surface area contributed by atoms with E-state index in [4.69, 9.17) is 4.74 Å². The lowest BCUT2D eigenvalue weighted by Gasteiger charge is -2.40. The van der Waals surface area contributed by atoms with Crippen LogP contribution in [0.2, 0.25) is 0 Å². The van der Waals surface area contributed by atoms with Crippen LogP contribution in [-0.4, -0.2) is 81.6 Å². The van der Waals surface area contributed by atoms with Gasteiger partial charge in [0.1, 0.15) is 6.04 Å². The van der Waals surface area contributed by atoms with E-state index in [0.29, 0.717) is 32.5 Å². The zero-order valence-corrected chi connectivity index (χ0v) is 20.7. The van der Waals surface area contributed by atoms with E-state index >= 15 is 0 Å². The number of thioether (sulfide) groups is 1. The van der Waals surface area contributed by atoms with Crippen LogP contribution < -0.4 is 0 Å². The number of fused-ring (bicyclic) bond motifs is 1. The number of carbonyl (C=O) groups is 3. The van der Waals surface area contributed by atoms with E-state index in [2.05, 4.69) is 27.0 Å². The molecule has 184 valence electrons. The highest BCUT2D eigenvalue weighted by Crippen LogP contribution is 2.68. The molecule has 8 heteroatoms. The molecule has 7 nitrogen and oxygen atoms in total. The lowest BCUT2D eigenvalue weighted by atomic mass is 9.66. The van der Waals surface area contributed by atoms with Gasteiger partial charge in [-0.1, -0.05) is 32.4 Å². The Bertz CT molecular complexity index is 774. The molecule has 3 heterocycles. The van der Waals surface area contributed by atoms with E-state index in [1.54, 1.807) is 33.7 Å². The lowest BCUT2D eigenvalue weighted by molar-refractivity contribution is -0.154. The van der Waals surface area contributed by atoms with Crippen LogP contribution in [0.1, 0.15) is 46.0 Å². The van der Waals surface area contributed by atoms with Gasteiger partial charge in [0.25, 0.3) is 0 Å². The fraction of sp³-hybridized carbons (Fsp3) is 0.720. The molecule has 2 amide bonds. The number of aliphatic hydroxyl groups excluding tert-OH is 1. The average molecular weight is 479 g/mol. The van der Waals surface area contributed by atoms with Gasteiger partial charge in [-0.15, -0.1) is 24.9 Å². The number of amides is 2. The van der Waals surface area contributed by atoms with Crippen molar-refractivity contribution >= 4 is 29.5 Å². The molecule has 33 heavy (non-hydrogen) atoms. The largest absolute Gasteiger partial charge is 0.465 e. The van der Waals surface area contributed by atoms with E-state index in [9.17, 15) is 19.5 Å². The predicted octanol–water partition coefficient (Wildman–Crippen LogP) is 2.64. The minimum absolute atomic E-state index is 0.0241. The molecule has 3 aliphatic heterocycles. The first-order chi connectivity index (χ1) is 15.9. The molecule has 0 radical (unpaired) electrons. The van der Waals surface area contributed by atoms with Crippen molar-refractivity contribution in [3.63, 3.8) is 0 Å². The predicted molar refractivity (Wildman–Crippen MR) is 130 cm³/mol. The average Bonchev–Trinajstić information content (AvgIpc) is 3.38. The van der Waals surface area contributed by atoms with Gasteiger partial charge in [0.05, 0.1) is 23.2 Å². The number of likely N-dealkylation sites (tertiary alicyclic amines) is 1. The van der Waals surface area contributed by atoms with E-state index in [0.717, 1.165) is 19.3 Å². The van der Waals surface area contributed by atoms with E-state index < -0.39 is 22.6 Å². The van der Waals surface area contributed by atoms with Gasteiger partial charge >= 0.3 is 5.97 Å². The first-order valence-corrected chi connectivity index (χ1v) is 13.0. The minimum atomic E-state index is -0.651. The number of rotatable bonds is 13. The van der Waals surface area contributed by atoms with Gasteiger partial charge in [-0.05, 0) is 31.6 Å². The number of unbranched alkanes of at least 4 members (excludes halogenated alkanes) is 1. The van der Waals surface area contributed by atoms with Crippen molar-refractivity contribution in [2.45, 2.75) is 62.0 Å². The third-order valence-electron chi connectivity index (χ3n) is 7.32. The topological polar surface area (TPSA) is 87.2 Å². The molecule has 3 unspecified atom stereocenters. The van der Waals surface area contributed by atoms with Gasteiger partial charge in [-0.2, -0.15) is 0 Å². The number of ether oxygens (including phenoxy) is 1. The van der Waals surface area contributed by atoms with Crippen LogP contribution in [0.4, 0.5) is 0 Å². The minimum Gasteiger partial charge on any atom is -0.465 e. The van der Waals surface area contributed by atoms with E-state index in [1.807, 2.05) is 0 Å². The number of hydrogen-bond donors (Lipinski definition) is 1. The summed E-state index contributed by atoms with van der Waals surface area (Å²) in [5.41, 5.74) is 0. The van der Waals surface area contributed by atoms with Crippen LogP contribution in [0.15, 0.2) is 25.3 Å². The molecule has 1 N–H and O–H groups in total. The third-order valence-corrected chi connectivity index (χ3v) is 9.39. The SMILES string of the molecule is C=CCCOC(=O)[C@@H]1[C@@H]2CC(C)C3(S2)C(C(=O)N(CC=C)CCCC)N(CCCO)C(=O)[C@H]13. The molecule has 2 bridgehead atoms. The van der Waals surface area contributed by atoms with Crippen molar-refractivity contribution in [2.24, 2.45) is 17.8 Å². The number of hydrogen-bond acceptors (Lipinski definition) is 6.